The fourth-order valence-electron chi connectivity index (χ4n) is 3.92. The molecule has 0 radical (unpaired) electrons. The summed E-state index contributed by atoms with van der Waals surface area (Å²) < 4.78 is 32.3. The molecule has 32 heavy (non-hydrogen) atoms. The minimum atomic E-state index is -3.30. The Hall–Kier alpha value is -2.59. The van der Waals surface area contributed by atoms with Gasteiger partial charge in [-0.1, -0.05) is 18.2 Å². The van der Waals surface area contributed by atoms with Crippen molar-refractivity contribution >= 4 is 32.9 Å². The van der Waals surface area contributed by atoms with Gasteiger partial charge in [-0.25, -0.2) is 13.2 Å². The van der Waals surface area contributed by atoms with Gasteiger partial charge in [0.15, 0.2) is 0 Å². The number of carbonyl (C=O) groups is 2. The second kappa shape index (κ2) is 9.11. The molecule has 0 spiro atoms. The van der Waals surface area contributed by atoms with E-state index in [2.05, 4.69) is 5.32 Å². The van der Waals surface area contributed by atoms with Crippen molar-refractivity contribution in [2.45, 2.75) is 38.8 Å². The molecule has 2 aromatic rings. The number of alkyl carbamates (subject to hydrolysis) is 1. The highest BCUT2D eigenvalue weighted by Gasteiger charge is 2.32. The largest absolute Gasteiger partial charge is 0.444 e. The predicted molar refractivity (Wildman–Crippen MR) is 123 cm³/mol. The lowest BCUT2D eigenvalue weighted by atomic mass is 10.0. The lowest BCUT2D eigenvalue weighted by Crippen LogP contribution is -2.56. The normalized spacial score (nSPS) is 16.7. The van der Waals surface area contributed by atoms with Crippen LogP contribution in [0, 0.1) is 0 Å². The third kappa shape index (κ3) is 5.80. The van der Waals surface area contributed by atoms with E-state index in [1.165, 1.54) is 4.31 Å². The Bertz CT molecular complexity index is 1100. The number of carbonyl (C=O) groups excluding carboxylic acids is 2. The van der Waals surface area contributed by atoms with Crippen LogP contribution in [0.15, 0.2) is 30.5 Å². The molecule has 0 saturated carbocycles. The van der Waals surface area contributed by atoms with Crippen LogP contribution < -0.4 is 5.32 Å². The summed E-state index contributed by atoms with van der Waals surface area (Å²) in [4.78, 5) is 27.5. The first-order chi connectivity index (χ1) is 14.8. The fraction of sp³-hybridized carbons (Fsp3) is 0.545. The van der Waals surface area contributed by atoms with Crippen LogP contribution in [0.3, 0.4) is 0 Å². The molecule has 176 valence electrons. The maximum atomic E-state index is 13.4. The maximum absolute atomic E-state index is 13.4. The van der Waals surface area contributed by atoms with E-state index < -0.39 is 27.8 Å². The van der Waals surface area contributed by atoms with Gasteiger partial charge in [-0.2, -0.15) is 4.31 Å². The quantitative estimate of drug-likeness (QED) is 0.726. The molecule has 1 aromatic heterocycles. The van der Waals surface area contributed by atoms with Crippen molar-refractivity contribution in [3.63, 3.8) is 0 Å². The van der Waals surface area contributed by atoms with Crippen LogP contribution in [0.2, 0.25) is 0 Å². The highest BCUT2D eigenvalue weighted by Crippen LogP contribution is 2.22. The monoisotopic (exact) mass is 464 g/mol. The first-order valence-corrected chi connectivity index (χ1v) is 12.5. The number of rotatable bonds is 5. The molecular weight excluding hydrogens is 432 g/mol. The number of piperazine rings is 1. The highest BCUT2D eigenvalue weighted by molar-refractivity contribution is 7.88. The zero-order valence-electron chi connectivity index (χ0n) is 19.3. The first kappa shape index (κ1) is 24.1. The van der Waals surface area contributed by atoms with E-state index in [9.17, 15) is 18.0 Å². The number of benzene rings is 1. The number of sulfonamides is 1. The van der Waals surface area contributed by atoms with Crippen LogP contribution in [0.5, 0.6) is 0 Å². The number of fused-ring (bicyclic) bond motifs is 1. The average Bonchev–Trinajstić information content (AvgIpc) is 3.01. The third-order valence-corrected chi connectivity index (χ3v) is 6.72. The SMILES string of the molecule is Cn1cc(C[C@@H](NC(=O)OC(C)(C)C)C(=O)N2CCN(S(C)(=O)=O)CC2)c2ccccc21. The van der Waals surface area contributed by atoms with Gasteiger partial charge in [0, 0.05) is 56.7 Å². The molecule has 1 N–H and O–H groups in total. The van der Waals surface area contributed by atoms with Crippen LogP contribution in [0.1, 0.15) is 26.3 Å². The topological polar surface area (TPSA) is 101 Å². The number of aryl methyl sites for hydroxylation is 1. The van der Waals surface area contributed by atoms with Crippen molar-refractivity contribution in [2.24, 2.45) is 7.05 Å². The number of aromatic nitrogens is 1. The summed E-state index contributed by atoms with van der Waals surface area (Å²) in [5.41, 5.74) is 1.28. The van der Waals surface area contributed by atoms with Gasteiger partial charge in [-0.3, -0.25) is 4.79 Å². The summed E-state index contributed by atoms with van der Waals surface area (Å²) in [6.07, 6.45) is 2.76. The van der Waals surface area contributed by atoms with E-state index >= 15 is 0 Å². The van der Waals surface area contributed by atoms with E-state index in [4.69, 9.17) is 4.74 Å². The molecule has 2 amide bonds. The molecule has 3 rings (SSSR count). The standard InChI is InChI=1S/C22H32N4O5S/c1-22(2,3)31-21(28)23-18(14-16-15-24(4)19-9-7-6-8-17(16)19)20(27)25-10-12-26(13-11-25)32(5,29)30/h6-9,15,18H,10-14H2,1-5H3,(H,23,28)/t18-/m1/s1. The molecule has 0 bridgehead atoms. The molecule has 1 atom stereocenters. The van der Waals surface area contributed by atoms with Gasteiger partial charge in [-0.05, 0) is 32.4 Å². The Morgan fingerprint density at radius 3 is 2.34 bits per heavy atom. The Labute approximate surface area is 189 Å². The fourth-order valence-corrected chi connectivity index (χ4v) is 4.75. The van der Waals surface area contributed by atoms with E-state index in [1.807, 2.05) is 42.1 Å². The third-order valence-electron chi connectivity index (χ3n) is 5.41. The maximum Gasteiger partial charge on any atom is 0.408 e. The summed E-state index contributed by atoms with van der Waals surface area (Å²) >= 11 is 0. The lowest BCUT2D eigenvalue weighted by Gasteiger charge is -2.35. The van der Waals surface area contributed by atoms with Crippen molar-refractivity contribution in [2.75, 3.05) is 32.4 Å². The number of hydrogen-bond acceptors (Lipinski definition) is 5. The van der Waals surface area contributed by atoms with Crippen LogP contribution in [0.4, 0.5) is 4.79 Å². The summed E-state index contributed by atoms with van der Waals surface area (Å²) in [7, 11) is -1.36. The first-order valence-electron chi connectivity index (χ1n) is 10.6. The summed E-state index contributed by atoms with van der Waals surface area (Å²) in [6, 6.07) is 7.05. The van der Waals surface area contributed by atoms with Crippen molar-refractivity contribution in [3.05, 3.63) is 36.0 Å². The van der Waals surface area contributed by atoms with Crippen LogP contribution in [0.25, 0.3) is 10.9 Å². The minimum absolute atomic E-state index is 0.234. The second-order valence-electron chi connectivity index (χ2n) is 9.17. The molecule has 1 aliphatic heterocycles. The van der Waals surface area contributed by atoms with Crippen molar-refractivity contribution in [1.29, 1.82) is 0 Å². The number of nitrogens with zero attached hydrogens (tertiary/aromatic N) is 3. The van der Waals surface area contributed by atoms with Gasteiger partial charge in [0.25, 0.3) is 0 Å². The van der Waals surface area contributed by atoms with Gasteiger partial charge in [0.05, 0.1) is 6.26 Å². The van der Waals surface area contributed by atoms with Crippen LogP contribution >= 0.6 is 0 Å². The highest BCUT2D eigenvalue weighted by atomic mass is 32.2. The molecule has 2 heterocycles. The van der Waals surface area contributed by atoms with Crippen molar-refractivity contribution in [1.82, 2.24) is 19.1 Å². The van der Waals surface area contributed by atoms with E-state index in [-0.39, 0.29) is 32.1 Å². The average molecular weight is 465 g/mol. The Balaban J connectivity index is 1.82. The Morgan fingerprint density at radius 2 is 1.75 bits per heavy atom. The van der Waals surface area contributed by atoms with E-state index in [1.54, 1.807) is 25.7 Å². The number of hydrogen-bond donors (Lipinski definition) is 1. The smallest absolute Gasteiger partial charge is 0.408 e. The molecule has 0 unspecified atom stereocenters. The Morgan fingerprint density at radius 1 is 1.12 bits per heavy atom. The van der Waals surface area contributed by atoms with Gasteiger partial charge >= 0.3 is 6.09 Å². The van der Waals surface area contributed by atoms with E-state index in [0.717, 1.165) is 22.7 Å². The van der Waals surface area contributed by atoms with E-state index in [0.29, 0.717) is 6.42 Å². The van der Waals surface area contributed by atoms with Gasteiger partial charge in [0.2, 0.25) is 15.9 Å². The van der Waals surface area contributed by atoms with Gasteiger partial charge in [0.1, 0.15) is 11.6 Å². The molecular formula is C22H32N4O5S. The predicted octanol–water partition coefficient (Wildman–Crippen LogP) is 1.72. The number of ether oxygens (including phenoxy) is 1. The molecule has 1 aromatic carbocycles. The number of para-hydroxylation sites is 1. The summed E-state index contributed by atoms with van der Waals surface area (Å²) in [6.45, 7) is 6.30. The second-order valence-corrected chi connectivity index (χ2v) is 11.2. The molecule has 1 aliphatic rings. The molecule has 9 nitrogen and oxygen atoms in total. The van der Waals surface area contributed by atoms with Crippen LogP contribution in [-0.2, 0) is 33.0 Å². The molecule has 0 aliphatic carbocycles. The van der Waals surface area contributed by atoms with Crippen molar-refractivity contribution < 1.29 is 22.7 Å². The number of nitrogens with one attached hydrogen (secondary N) is 1. The lowest BCUT2D eigenvalue weighted by molar-refractivity contribution is -0.134. The molecule has 1 saturated heterocycles. The Kier molecular flexibility index (Phi) is 6.85. The zero-order valence-corrected chi connectivity index (χ0v) is 20.1. The molecule has 10 heteroatoms. The number of amides is 2. The van der Waals surface area contributed by atoms with Gasteiger partial charge < -0.3 is 19.5 Å². The molecule has 1 fully saturated rings. The summed E-state index contributed by atoms with van der Waals surface area (Å²) in [5, 5.41) is 3.76. The zero-order chi connectivity index (χ0) is 23.7. The van der Waals surface area contributed by atoms with Crippen molar-refractivity contribution in [3.8, 4) is 0 Å². The summed E-state index contributed by atoms with van der Waals surface area (Å²) in [5.74, 6) is -0.253. The minimum Gasteiger partial charge on any atom is -0.444 e. The van der Waals surface area contributed by atoms with Crippen LogP contribution in [-0.4, -0.2) is 78.3 Å². The van der Waals surface area contributed by atoms with Gasteiger partial charge in [-0.15, -0.1) is 0 Å².